The minimum Gasteiger partial charge on any atom is -0.445 e. The largest absolute Gasteiger partial charge is 0.445 e. The fourth-order valence-corrected chi connectivity index (χ4v) is 7.35. The molecule has 0 radical (unpaired) electrons. The number of carbonyl (C=O) groups excluding carboxylic acids is 2. The first kappa shape index (κ1) is 44.5. The fourth-order valence-electron chi connectivity index (χ4n) is 7.02. The summed E-state index contributed by atoms with van der Waals surface area (Å²) in [5.41, 5.74) is 0. The third-order valence-corrected chi connectivity index (χ3v) is 11.7. The van der Waals surface area contributed by atoms with E-state index in [1.165, 1.54) is 0 Å². The van der Waals surface area contributed by atoms with Crippen molar-refractivity contribution in [3.63, 3.8) is 0 Å². The van der Waals surface area contributed by atoms with Gasteiger partial charge in [0.25, 0.3) is 0 Å². The fraction of sp³-hybridized carbons (Fsp3) is 0.939. The van der Waals surface area contributed by atoms with E-state index in [2.05, 4.69) is 38.3 Å². The summed E-state index contributed by atoms with van der Waals surface area (Å²) in [6.45, 7) is 18.3. The number of amides is 2. The average molecular weight is 836 g/mol. The van der Waals surface area contributed by atoms with Gasteiger partial charge in [-0.25, -0.2) is 9.59 Å². The Balaban J connectivity index is 1.71. The van der Waals surface area contributed by atoms with E-state index in [0.717, 1.165) is 6.42 Å². The molecule has 3 heterocycles. The maximum atomic E-state index is 12.8. The second kappa shape index (κ2) is 19.1. The summed E-state index contributed by atoms with van der Waals surface area (Å²) in [4.78, 5) is 25.3. The van der Waals surface area contributed by atoms with Gasteiger partial charge in [0.2, 0.25) is 7.59 Å². The molecule has 2 amide bonds. The highest BCUT2D eigenvalue weighted by molar-refractivity contribution is 6.68. The van der Waals surface area contributed by atoms with Gasteiger partial charge in [0.1, 0.15) is 13.2 Å². The summed E-state index contributed by atoms with van der Waals surface area (Å²) in [7, 11) is 0. The molecule has 17 heteroatoms. The van der Waals surface area contributed by atoms with Gasteiger partial charge in [0.15, 0.2) is 12.6 Å². The number of halogens is 6. The molecule has 0 bridgehead atoms. The Morgan fingerprint density at radius 1 is 0.560 bits per heavy atom. The molecule has 2 N–H and O–H groups in total. The smallest absolute Gasteiger partial charge is 0.407 e. The van der Waals surface area contributed by atoms with Crippen LogP contribution in [0.15, 0.2) is 0 Å². The summed E-state index contributed by atoms with van der Waals surface area (Å²) in [5.74, 6) is 0.753. The van der Waals surface area contributed by atoms with Crippen molar-refractivity contribution >= 4 is 81.8 Å². The topological polar surface area (TPSA) is 123 Å². The Morgan fingerprint density at radius 2 is 0.980 bits per heavy atom. The van der Waals surface area contributed by atoms with Crippen molar-refractivity contribution in [3.8, 4) is 0 Å². The van der Waals surface area contributed by atoms with E-state index < -0.39 is 51.4 Å². The van der Waals surface area contributed by atoms with Crippen molar-refractivity contribution in [1.29, 1.82) is 0 Å². The van der Waals surface area contributed by atoms with Crippen molar-refractivity contribution in [2.45, 2.75) is 125 Å². The lowest BCUT2D eigenvalue weighted by molar-refractivity contribution is -0.289. The van der Waals surface area contributed by atoms with E-state index in [0.29, 0.717) is 11.8 Å². The van der Waals surface area contributed by atoms with E-state index >= 15 is 0 Å². The number of hydrogen-bond donors (Lipinski definition) is 2. The molecule has 3 aliphatic heterocycles. The Hall–Kier alpha value is 0.0800. The molecule has 3 saturated heterocycles. The summed E-state index contributed by atoms with van der Waals surface area (Å²) in [6, 6.07) is -0.989. The molecule has 0 aliphatic carbocycles. The van der Waals surface area contributed by atoms with Gasteiger partial charge in [-0.2, -0.15) is 0 Å². The number of ether oxygens (including phenoxy) is 7. The molecule has 0 aromatic heterocycles. The van der Waals surface area contributed by atoms with Crippen LogP contribution >= 0.6 is 69.6 Å². The number of nitrogens with one attached hydrogen (secondary N) is 2. The minimum absolute atomic E-state index is 0.0413. The third-order valence-electron chi connectivity index (χ3n) is 11.0. The van der Waals surface area contributed by atoms with Crippen molar-refractivity contribution < 1.29 is 42.7 Å². The molecule has 0 aromatic carbocycles. The molecular formula is C33H54Cl6N2O9. The van der Waals surface area contributed by atoms with Crippen LogP contribution in [0.1, 0.15) is 68.7 Å². The highest BCUT2D eigenvalue weighted by Gasteiger charge is 2.47. The monoisotopic (exact) mass is 832 g/mol. The van der Waals surface area contributed by atoms with Crippen LogP contribution in [0.5, 0.6) is 0 Å². The predicted octanol–water partition coefficient (Wildman–Crippen LogP) is 8.05. The van der Waals surface area contributed by atoms with E-state index in [1.807, 2.05) is 34.6 Å². The molecule has 0 aromatic rings. The Bertz CT molecular complexity index is 1100. The molecule has 7 unspecified atom stereocenters. The quantitative estimate of drug-likeness (QED) is 0.199. The van der Waals surface area contributed by atoms with Crippen LogP contribution in [-0.4, -0.2) is 95.3 Å². The second-order valence-electron chi connectivity index (χ2n) is 14.3. The first-order valence-electron chi connectivity index (χ1n) is 17.3. The highest BCUT2D eigenvalue weighted by Crippen LogP contribution is 2.39. The number of alkyl halides is 6. The predicted molar refractivity (Wildman–Crippen MR) is 195 cm³/mol. The Morgan fingerprint density at radius 3 is 1.48 bits per heavy atom. The zero-order valence-corrected chi connectivity index (χ0v) is 34.7. The number of hydrogen-bond acceptors (Lipinski definition) is 9. The van der Waals surface area contributed by atoms with Crippen molar-refractivity contribution in [1.82, 2.24) is 10.6 Å². The normalized spacial score (nSPS) is 39.8. The van der Waals surface area contributed by atoms with Crippen LogP contribution in [0.25, 0.3) is 0 Å². The van der Waals surface area contributed by atoms with Crippen LogP contribution in [0.3, 0.4) is 0 Å². The Labute approximate surface area is 326 Å². The molecule has 50 heavy (non-hydrogen) atoms. The lowest BCUT2D eigenvalue weighted by Gasteiger charge is -2.47. The summed E-state index contributed by atoms with van der Waals surface area (Å²) in [5, 5.41) is 5.69. The van der Waals surface area contributed by atoms with Gasteiger partial charge in [0.05, 0.1) is 49.7 Å². The SMILES string of the molecule is CCC1O[C@@H](OCC2O[C@@H](OCC3OC(C)C(NC(=O)OCC(Cl)(Cl)Cl)[C@@H](C)[C@@H]3C)C(NC(=O)OCC(Cl)(Cl)Cl)[C@@H](C)[C@@H]2C)C(C)[C@@H](C)[C@@H]1C. The zero-order valence-electron chi connectivity index (χ0n) is 30.1. The van der Waals surface area contributed by atoms with Crippen molar-refractivity contribution in [3.05, 3.63) is 0 Å². The molecule has 11 nitrogen and oxygen atoms in total. The van der Waals surface area contributed by atoms with Gasteiger partial charge in [-0.05, 0) is 48.9 Å². The molecule has 292 valence electrons. The lowest BCUT2D eigenvalue weighted by Crippen LogP contribution is -2.60. The Kier molecular flexibility index (Phi) is 17.0. The molecule has 0 saturated carbocycles. The summed E-state index contributed by atoms with van der Waals surface area (Å²) in [6.07, 6.45) is -2.87. The molecule has 3 rings (SSSR count). The summed E-state index contributed by atoms with van der Waals surface area (Å²) < 4.78 is 38.9. The maximum absolute atomic E-state index is 12.8. The lowest BCUT2D eigenvalue weighted by atomic mass is 9.78. The van der Waals surface area contributed by atoms with E-state index in [4.69, 9.17) is 103 Å². The van der Waals surface area contributed by atoms with Crippen LogP contribution in [0.2, 0.25) is 0 Å². The van der Waals surface area contributed by atoms with Gasteiger partial charge < -0.3 is 43.8 Å². The van der Waals surface area contributed by atoms with Gasteiger partial charge in [-0.3, -0.25) is 0 Å². The summed E-state index contributed by atoms with van der Waals surface area (Å²) >= 11 is 34.5. The first-order chi connectivity index (χ1) is 23.1. The highest BCUT2D eigenvalue weighted by atomic mass is 35.6. The van der Waals surface area contributed by atoms with E-state index in [1.54, 1.807) is 0 Å². The first-order valence-corrected chi connectivity index (χ1v) is 19.6. The van der Waals surface area contributed by atoms with Crippen LogP contribution < -0.4 is 10.6 Å². The standard InChI is InChI=1S/C33H54Cl6N2O9/c1-10-23-16(3)15(2)21(8)28(49-23)44-12-25-18(5)20(7)27(41-31(43)47-14-33(37,38)39)29(50-25)45-11-24-17(4)19(6)26(22(9)48-24)40-30(42)46-13-32(34,35)36/h15-29H,10-14H2,1-9H3,(H,40,42)(H,41,43)/t15-,16-,17-,18-,19-,20-,21?,22?,23?,24?,25?,26?,27?,28+,29+/m0/s1. The van der Waals surface area contributed by atoms with Crippen molar-refractivity contribution in [2.75, 3.05) is 26.4 Å². The number of rotatable bonds is 11. The van der Waals surface area contributed by atoms with Gasteiger partial charge in [-0.15, -0.1) is 0 Å². The third kappa shape index (κ3) is 12.6. The van der Waals surface area contributed by atoms with E-state index in [9.17, 15) is 9.59 Å². The molecule has 3 fully saturated rings. The zero-order chi connectivity index (χ0) is 37.7. The molecule has 15 atom stereocenters. The second-order valence-corrected chi connectivity index (χ2v) is 19.3. The van der Waals surface area contributed by atoms with Crippen LogP contribution in [0.4, 0.5) is 9.59 Å². The van der Waals surface area contributed by atoms with Gasteiger partial charge in [0, 0.05) is 5.92 Å². The number of carbonyl (C=O) groups is 2. The molecular weight excluding hydrogens is 781 g/mol. The number of alkyl carbamates (subject to hydrolysis) is 2. The molecule has 3 aliphatic rings. The van der Waals surface area contributed by atoms with Gasteiger partial charge in [-0.1, -0.05) is 125 Å². The van der Waals surface area contributed by atoms with E-state index in [-0.39, 0.29) is 73.4 Å². The minimum atomic E-state index is -1.77. The molecule has 0 spiro atoms. The van der Waals surface area contributed by atoms with Crippen LogP contribution in [-0.2, 0) is 33.2 Å². The van der Waals surface area contributed by atoms with Gasteiger partial charge >= 0.3 is 12.2 Å². The maximum Gasteiger partial charge on any atom is 0.407 e. The average Bonchev–Trinajstić information content (AvgIpc) is 3.03. The van der Waals surface area contributed by atoms with Crippen LogP contribution in [0, 0.1) is 41.4 Å². The van der Waals surface area contributed by atoms with Crippen molar-refractivity contribution in [2.24, 2.45) is 41.4 Å².